The molecule has 1 saturated heterocycles. The van der Waals surface area contributed by atoms with Gasteiger partial charge in [-0.1, -0.05) is 11.6 Å². The third kappa shape index (κ3) is 5.68. The molecule has 1 atom stereocenters. The minimum Gasteiger partial charge on any atom is -0.379 e. The number of benzene rings is 1. The quantitative estimate of drug-likeness (QED) is 0.795. The summed E-state index contributed by atoms with van der Waals surface area (Å²) in [5, 5.41) is 3.65. The average Bonchev–Trinajstić information content (AvgIpc) is 2.55. The van der Waals surface area contributed by atoms with Crippen molar-refractivity contribution in [1.82, 2.24) is 10.2 Å². The summed E-state index contributed by atoms with van der Waals surface area (Å²) in [5.41, 5.74) is -0.0654. The Labute approximate surface area is 147 Å². The number of nitrogens with one attached hydrogen (secondary N) is 1. The van der Waals surface area contributed by atoms with E-state index in [1.54, 1.807) is 11.8 Å². The minimum atomic E-state index is -0.142. The molecule has 6 heteroatoms. The number of carbonyl (C=O) groups excluding carboxylic acids is 1. The van der Waals surface area contributed by atoms with E-state index in [0.29, 0.717) is 11.6 Å². The third-order valence-corrected chi connectivity index (χ3v) is 5.42. The van der Waals surface area contributed by atoms with Gasteiger partial charge < -0.3 is 10.1 Å². The van der Waals surface area contributed by atoms with Crippen molar-refractivity contribution in [3.05, 3.63) is 29.3 Å². The van der Waals surface area contributed by atoms with Crippen molar-refractivity contribution in [2.24, 2.45) is 0 Å². The van der Waals surface area contributed by atoms with E-state index in [0.717, 1.165) is 31.2 Å². The van der Waals surface area contributed by atoms with Crippen molar-refractivity contribution in [1.29, 1.82) is 0 Å². The molecular weight excluding hydrogens is 332 g/mol. The second-order valence-corrected chi connectivity index (χ2v) is 8.19. The van der Waals surface area contributed by atoms with Gasteiger partial charge in [0.15, 0.2) is 0 Å². The Morgan fingerprint density at radius 3 is 2.57 bits per heavy atom. The second-order valence-electron chi connectivity index (χ2n) is 6.34. The number of amides is 1. The predicted molar refractivity (Wildman–Crippen MR) is 96.3 cm³/mol. The van der Waals surface area contributed by atoms with Gasteiger partial charge in [0, 0.05) is 35.1 Å². The van der Waals surface area contributed by atoms with Gasteiger partial charge in [0.25, 0.3) is 0 Å². The van der Waals surface area contributed by atoms with Crippen LogP contribution in [0.25, 0.3) is 0 Å². The fraction of sp³-hybridized carbons (Fsp3) is 0.588. The van der Waals surface area contributed by atoms with E-state index in [2.05, 4.69) is 24.1 Å². The number of hydrogen-bond acceptors (Lipinski definition) is 4. The average molecular weight is 357 g/mol. The number of carbonyl (C=O) groups is 1. The van der Waals surface area contributed by atoms with E-state index in [9.17, 15) is 4.79 Å². The maximum Gasteiger partial charge on any atom is 0.233 e. The summed E-state index contributed by atoms with van der Waals surface area (Å²) < 4.78 is 5.39. The van der Waals surface area contributed by atoms with Crippen LogP contribution in [0, 0.1) is 0 Å². The van der Waals surface area contributed by atoms with Crippen molar-refractivity contribution in [3.63, 3.8) is 0 Å². The van der Waals surface area contributed by atoms with Crippen LogP contribution in [0.15, 0.2) is 29.2 Å². The van der Waals surface area contributed by atoms with E-state index in [1.807, 2.05) is 31.2 Å². The molecule has 4 nitrogen and oxygen atoms in total. The Morgan fingerprint density at radius 1 is 1.35 bits per heavy atom. The summed E-state index contributed by atoms with van der Waals surface area (Å²) in [5.74, 6) is 0.0614. The molecule has 0 spiro atoms. The Balaban J connectivity index is 1.82. The van der Waals surface area contributed by atoms with Gasteiger partial charge >= 0.3 is 0 Å². The normalized spacial score (nSPS) is 17.7. The number of nitrogens with zero attached hydrogens (tertiary/aromatic N) is 1. The summed E-state index contributed by atoms with van der Waals surface area (Å²) in [4.78, 5) is 15.8. The Morgan fingerprint density at radius 2 is 1.96 bits per heavy atom. The number of ether oxygens (including phenoxy) is 1. The van der Waals surface area contributed by atoms with Gasteiger partial charge in [-0.3, -0.25) is 9.69 Å². The molecule has 128 valence electrons. The number of rotatable bonds is 6. The summed E-state index contributed by atoms with van der Waals surface area (Å²) in [7, 11) is 0. The lowest BCUT2D eigenvalue weighted by Crippen LogP contribution is -2.55. The van der Waals surface area contributed by atoms with Crippen LogP contribution in [0.4, 0.5) is 0 Å². The predicted octanol–water partition coefficient (Wildman–Crippen LogP) is 3.05. The van der Waals surface area contributed by atoms with Crippen molar-refractivity contribution in [2.45, 2.75) is 36.5 Å². The minimum absolute atomic E-state index is 0.0614. The molecule has 1 aromatic rings. The van der Waals surface area contributed by atoms with Crippen LogP contribution in [-0.2, 0) is 9.53 Å². The van der Waals surface area contributed by atoms with Crippen LogP contribution in [0.2, 0.25) is 5.02 Å². The zero-order chi connectivity index (χ0) is 16.9. The van der Waals surface area contributed by atoms with Gasteiger partial charge in [0.05, 0.1) is 18.5 Å². The van der Waals surface area contributed by atoms with Crippen molar-refractivity contribution >= 4 is 29.3 Å². The first-order chi connectivity index (χ1) is 10.9. The van der Waals surface area contributed by atoms with Crippen LogP contribution >= 0.6 is 23.4 Å². The first kappa shape index (κ1) is 18.6. The highest BCUT2D eigenvalue weighted by molar-refractivity contribution is 8.00. The maximum absolute atomic E-state index is 12.3. The van der Waals surface area contributed by atoms with Gasteiger partial charge in [0.1, 0.15) is 0 Å². The number of thioether (sulfide) groups is 1. The second kappa shape index (κ2) is 8.38. The molecule has 1 aromatic carbocycles. The highest BCUT2D eigenvalue weighted by Gasteiger charge is 2.29. The lowest BCUT2D eigenvalue weighted by molar-refractivity contribution is -0.121. The number of morpholine rings is 1. The first-order valence-corrected chi connectivity index (χ1v) is 9.17. The van der Waals surface area contributed by atoms with Gasteiger partial charge in [-0.2, -0.15) is 0 Å². The summed E-state index contributed by atoms with van der Waals surface area (Å²) in [6, 6.07) is 7.56. The largest absolute Gasteiger partial charge is 0.379 e. The molecule has 1 aliphatic rings. The lowest BCUT2D eigenvalue weighted by atomic mass is 10.0. The summed E-state index contributed by atoms with van der Waals surface area (Å²) in [6.45, 7) is 10.2. The van der Waals surface area contributed by atoms with E-state index in [1.165, 1.54) is 0 Å². The topological polar surface area (TPSA) is 41.6 Å². The standard InChI is InChI=1S/C17H25ClN2O2S/c1-13(23-15-6-4-14(18)5-7-15)16(21)19-12-17(2,3)20-8-10-22-11-9-20/h4-7,13H,8-12H2,1-3H3,(H,19,21). The summed E-state index contributed by atoms with van der Waals surface area (Å²) >= 11 is 7.42. The van der Waals surface area contributed by atoms with Crippen molar-refractivity contribution in [3.8, 4) is 0 Å². The van der Waals surface area contributed by atoms with Gasteiger partial charge in [0.2, 0.25) is 5.91 Å². The van der Waals surface area contributed by atoms with E-state index < -0.39 is 0 Å². The fourth-order valence-electron chi connectivity index (χ4n) is 2.50. The third-order valence-electron chi connectivity index (χ3n) is 4.06. The molecule has 0 radical (unpaired) electrons. The zero-order valence-corrected chi connectivity index (χ0v) is 15.5. The first-order valence-electron chi connectivity index (χ1n) is 7.91. The van der Waals surface area contributed by atoms with Crippen LogP contribution in [-0.4, -0.2) is 54.4 Å². The summed E-state index contributed by atoms with van der Waals surface area (Å²) in [6.07, 6.45) is 0. The Bertz CT molecular complexity index is 516. The molecule has 0 bridgehead atoms. The van der Waals surface area contributed by atoms with E-state index >= 15 is 0 Å². The SMILES string of the molecule is CC(Sc1ccc(Cl)cc1)C(=O)NCC(C)(C)N1CCOCC1. The monoisotopic (exact) mass is 356 g/mol. The van der Waals surface area contributed by atoms with E-state index in [4.69, 9.17) is 16.3 Å². The molecule has 1 N–H and O–H groups in total. The molecule has 1 aliphatic heterocycles. The Kier molecular flexibility index (Phi) is 6.77. The number of hydrogen-bond donors (Lipinski definition) is 1. The molecule has 0 saturated carbocycles. The smallest absolute Gasteiger partial charge is 0.233 e. The van der Waals surface area contributed by atoms with Crippen LogP contribution < -0.4 is 5.32 Å². The molecule has 1 amide bonds. The molecule has 23 heavy (non-hydrogen) atoms. The van der Waals surface area contributed by atoms with Crippen LogP contribution in [0.1, 0.15) is 20.8 Å². The number of halogens is 1. The maximum atomic E-state index is 12.3. The molecule has 1 fully saturated rings. The van der Waals surface area contributed by atoms with Crippen molar-refractivity contribution < 1.29 is 9.53 Å². The fourth-order valence-corrected chi connectivity index (χ4v) is 3.52. The van der Waals surface area contributed by atoms with Gasteiger partial charge in [-0.05, 0) is 45.0 Å². The van der Waals surface area contributed by atoms with Gasteiger partial charge in [-0.15, -0.1) is 11.8 Å². The molecule has 0 aliphatic carbocycles. The molecule has 1 heterocycles. The molecular formula is C17H25ClN2O2S. The van der Waals surface area contributed by atoms with Crippen LogP contribution in [0.3, 0.4) is 0 Å². The molecule has 1 unspecified atom stereocenters. The highest BCUT2D eigenvalue weighted by Crippen LogP contribution is 2.25. The molecule has 2 rings (SSSR count). The van der Waals surface area contributed by atoms with Crippen LogP contribution in [0.5, 0.6) is 0 Å². The Hall–Kier alpha value is -0.750. The van der Waals surface area contributed by atoms with Crippen molar-refractivity contribution in [2.75, 3.05) is 32.8 Å². The lowest BCUT2D eigenvalue weighted by Gasteiger charge is -2.41. The molecule has 0 aromatic heterocycles. The highest BCUT2D eigenvalue weighted by atomic mass is 35.5. The van der Waals surface area contributed by atoms with Gasteiger partial charge in [-0.25, -0.2) is 0 Å². The van der Waals surface area contributed by atoms with E-state index in [-0.39, 0.29) is 16.7 Å². The zero-order valence-electron chi connectivity index (χ0n) is 14.0.